The summed E-state index contributed by atoms with van der Waals surface area (Å²) < 4.78 is 0. The molecule has 0 fully saturated rings. The highest BCUT2D eigenvalue weighted by Crippen LogP contribution is 2.22. The predicted octanol–water partition coefficient (Wildman–Crippen LogP) is 0.979. The molecule has 0 aliphatic heterocycles. The third kappa shape index (κ3) is 5.33. The summed E-state index contributed by atoms with van der Waals surface area (Å²) in [5.41, 5.74) is 7.80. The number of nitrogens with two attached hydrogens (primary N) is 1. The summed E-state index contributed by atoms with van der Waals surface area (Å²) in [7, 11) is 3.78. The number of rotatable bonds is 6. The average Bonchev–Trinajstić information content (AvgIpc) is 2.36. The number of benzene rings is 1. The average molecular weight is 292 g/mol. The predicted molar refractivity (Wildman–Crippen MR) is 85.4 cm³/mol. The van der Waals surface area contributed by atoms with E-state index in [2.05, 4.69) is 10.6 Å². The third-order valence-corrected chi connectivity index (χ3v) is 2.86. The minimum absolute atomic E-state index is 0.0761. The number of anilines is 2. The van der Waals surface area contributed by atoms with Gasteiger partial charge in [0.15, 0.2) is 0 Å². The molecule has 0 spiro atoms. The summed E-state index contributed by atoms with van der Waals surface area (Å²) in [6.07, 6.45) is 0.259. The normalized spacial score (nSPS) is 10.3. The van der Waals surface area contributed by atoms with Crippen LogP contribution in [0.5, 0.6) is 0 Å². The second-order valence-corrected chi connectivity index (χ2v) is 5.40. The van der Waals surface area contributed by atoms with E-state index in [1.54, 1.807) is 18.2 Å². The minimum Gasteiger partial charge on any atom is -0.397 e. The van der Waals surface area contributed by atoms with Gasteiger partial charge in [0.25, 0.3) is 5.91 Å². The van der Waals surface area contributed by atoms with Gasteiger partial charge >= 0.3 is 0 Å². The number of hydrogen-bond donors (Lipinski definition) is 3. The van der Waals surface area contributed by atoms with Crippen LogP contribution in [-0.4, -0.2) is 38.5 Å². The Kier molecular flexibility index (Phi) is 6.02. The standard InChI is InChI=1S/C15H24N4O2/c1-10(2)18-14(20)7-8-17-15(21)11-5-6-13(19(3)4)12(16)9-11/h5-6,9-10H,7-8,16H2,1-4H3,(H,17,21)(H,18,20). The number of amides is 2. The molecule has 0 aliphatic rings. The van der Waals surface area contributed by atoms with Crippen molar-refractivity contribution in [2.75, 3.05) is 31.3 Å². The minimum atomic E-state index is -0.232. The molecule has 0 aromatic heterocycles. The molecule has 0 bridgehead atoms. The molecule has 1 aromatic rings. The monoisotopic (exact) mass is 292 g/mol. The lowest BCUT2D eigenvalue weighted by Crippen LogP contribution is -2.34. The fraction of sp³-hybridized carbons (Fsp3) is 0.467. The van der Waals surface area contributed by atoms with Crippen molar-refractivity contribution in [1.82, 2.24) is 10.6 Å². The molecule has 0 saturated carbocycles. The Morgan fingerprint density at radius 3 is 2.48 bits per heavy atom. The summed E-state index contributed by atoms with van der Waals surface area (Å²) in [6.45, 7) is 4.09. The zero-order valence-electron chi connectivity index (χ0n) is 13.1. The number of nitrogens with one attached hydrogen (secondary N) is 2. The van der Waals surface area contributed by atoms with Gasteiger partial charge in [-0.25, -0.2) is 0 Å². The molecule has 0 saturated heterocycles. The van der Waals surface area contributed by atoms with Crippen LogP contribution < -0.4 is 21.3 Å². The summed E-state index contributed by atoms with van der Waals surface area (Å²) in [6, 6.07) is 5.26. The van der Waals surface area contributed by atoms with Crippen LogP contribution in [0.1, 0.15) is 30.6 Å². The Balaban J connectivity index is 2.53. The van der Waals surface area contributed by atoms with Crippen molar-refractivity contribution in [2.24, 2.45) is 0 Å². The molecule has 21 heavy (non-hydrogen) atoms. The summed E-state index contributed by atoms with van der Waals surface area (Å²) in [4.78, 5) is 25.3. The number of nitrogen functional groups attached to an aromatic ring is 1. The Labute approximate surface area is 125 Å². The lowest BCUT2D eigenvalue weighted by Gasteiger charge is -2.16. The molecule has 6 heteroatoms. The van der Waals surface area contributed by atoms with Gasteiger partial charge in [-0.15, -0.1) is 0 Å². The molecule has 4 N–H and O–H groups in total. The zero-order valence-corrected chi connectivity index (χ0v) is 13.1. The largest absolute Gasteiger partial charge is 0.397 e. The number of hydrogen-bond acceptors (Lipinski definition) is 4. The van der Waals surface area contributed by atoms with E-state index in [0.29, 0.717) is 17.8 Å². The van der Waals surface area contributed by atoms with E-state index >= 15 is 0 Å². The van der Waals surface area contributed by atoms with Gasteiger partial charge in [-0.2, -0.15) is 0 Å². The van der Waals surface area contributed by atoms with Crippen LogP contribution in [0, 0.1) is 0 Å². The number of carbonyl (C=O) groups is 2. The Morgan fingerprint density at radius 1 is 1.29 bits per heavy atom. The summed E-state index contributed by atoms with van der Waals surface area (Å²) >= 11 is 0. The maximum absolute atomic E-state index is 12.0. The van der Waals surface area contributed by atoms with Crippen molar-refractivity contribution in [3.8, 4) is 0 Å². The van der Waals surface area contributed by atoms with Crippen molar-refractivity contribution in [3.05, 3.63) is 23.8 Å². The van der Waals surface area contributed by atoms with E-state index < -0.39 is 0 Å². The molecular formula is C15H24N4O2. The lowest BCUT2D eigenvalue weighted by molar-refractivity contribution is -0.121. The molecule has 116 valence electrons. The summed E-state index contributed by atoms with van der Waals surface area (Å²) in [5, 5.41) is 5.48. The van der Waals surface area contributed by atoms with Gasteiger partial charge in [0, 0.05) is 38.7 Å². The van der Waals surface area contributed by atoms with E-state index in [-0.39, 0.29) is 24.3 Å². The van der Waals surface area contributed by atoms with Crippen LogP contribution >= 0.6 is 0 Å². The maximum Gasteiger partial charge on any atom is 0.251 e. The van der Waals surface area contributed by atoms with E-state index in [9.17, 15) is 9.59 Å². The van der Waals surface area contributed by atoms with Crippen molar-refractivity contribution in [3.63, 3.8) is 0 Å². The Hall–Kier alpha value is -2.24. The van der Waals surface area contributed by atoms with Gasteiger partial charge in [-0.3, -0.25) is 9.59 Å². The van der Waals surface area contributed by atoms with Crippen LogP contribution in [0.15, 0.2) is 18.2 Å². The lowest BCUT2D eigenvalue weighted by atomic mass is 10.1. The van der Waals surface area contributed by atoms with Gasteiger partial charge in [0.05, 0.1) is 11.4 Å². The highest BCUT2D eigenvalue weighted by molar-refractivity contribution is 5.96. The van der Waals surface area contributed by atoms with Gasteiger partial charge in [0.1, 0.15) is 0 Å². The van der Waals surface area contributed by atoms with Crippen LogP contribution in [0.3, 0.4) is 0 Å². The Bertz CT molecular complexity index is 512. The molecule has 0 radical (unpaired) electrons. The van der Waals surface area contributed by atoms with Crippen LogP contribution in [-0.2, 0) is 4.79 Å². The van der Waals surface area contributed by atoms with Gasteiger partial charge in [-0.05, 0) is 32.0 Å². The van der Waals surface area contributed by atoms with Crippen molar-refractivity contribution in [2.45, 2.75) is 26.3 Å². The van der Waals surface area contributed by atoms with E-state index in [4.69, 9.17) is 5.73 Å². The number of carbonyl (C=O) groups excluding carboxylic acids is 2. The topological polar surface area (TPSA) is 87.5 Å². The van der Waals surface area contributed by atoms with Gasteiger partial charge in [0.2, 0.25) is 5.91 Å². The molecule has 0 unspecified atom stereocenters. The Morgan fingerprint density at radius 2 is 1.95 bits per heavy atom. The van der Waals surface area contributed by atoms with Gasteiger partial charge in [-0.1, -0.05) is 0 Å². The van der Waals surface area contributed by atoms with Crippen molar-refractivity contribution >= 4 is 23.2 Å². The van der Waals surface area contributed by atoms with Crippen molar-refractivity contribution < 1.29 is 9.59 Å². The van der Waals surface area contributed by atoms with E-state index in [0.717, 1.165) is 5.69 Å². The molecular weight excluding hydrogens is 268 g/mol. The van der Waals surface area contributed by atoms with Crippen molar-refractivity contribution in [1.29, 1.82) is 0 Å². The third-order valence-electron chi connectivity index (χ3n) is 2.86. The van der Waals surface area contributed by atoms with Crippen LogP contribution in [0.2, 0.25) is 0 Å². The first-order chi connectivity index (χ1) is 9.81. The summed E-state index contributed by atoms with van der Waals surface area (Å²) in [5.74, 6) is -0.308. The van der Waals surface area contributed by atoms with Crippen LogP contribution in [0.4, 0.5) is 11.4 Å². The molecule has 6 nitrogen and oxygen atoms in total. The second kappa shape index (κ2) is 7.52. The molecule has 0 heterocycles. The zero-order chi connectivity index (χ0) is 16.0. The highest BCUT2D eigenvalue weighted by Gasteiger charge is 2.10. The quantitative estimate of drug-likeness (QED) is 0.682. The SMILES string of the molecule is CC(C)NC(=O)CCNC(=O)c1ccc(N(C)C)c(N)c1. The molecule has 1 aromatic carbocycles. The van der Waals surface area contributed by atoms with Crippen LogP contribution in [0.25, 0.3) is 0 Å². The smallest absolute Gasteiger partial charge is 0.251 e. The van der Waals surface area contributed by atoms with Gasteiger partial charge < -0.3 is 21.3 Å². The molecule has 1 rings (SSSR count). The fourth-order valence-electron chi connectivity index (χ4n) is 1.89. The first-order valence-corrected chi connectivity index (χ1v) is 6.95. The van der Waals surface area contributed by atoms with E-state index in [1.807, 2.05) is 32.8 Å². The fourth-order valence-corrected chi connectivity index (χ4v) is 1.89. The second-order valence-electron chi connectivity index (χ2n) is 5.40. The number of nitrogens with zero attached hydrogens (tertiary/aromatic N) is 1. The maximum atomic E-state index is 12.0. The molecule has 0 atom stereocenters. The first-order valence-electron chi connectivity index (χ1n) is 6.95. The molecule has 0 aliphatic carbocycles. The molecule has 2 amide bonds. The highest BCUT2D eigenvalue weighted by atomic mass is 16.2. The van der Waals surface area contributed by atoms with E-state index in [1.165, 1.54) is 0 Å². The first kappa shape index (κ1) is 16.8.